The zero-order chi connectivity index (χ0) is 22.7. The summed E-state index contributed by atoms with van der Waals surface area (Å²) < 4.78 is 24.0. The number of carbonyl (C=O) groups is 1. The summed E-state index contributed by atoms with van der Waals surface area (Å²) in [5.74, 6) is -0.349. The van der Waals surface area contributed by atoms with Gasteiger partial charge in [-0.3, -0.25) is 14.3 Å². The number of aromatic nitrogens is 1. The Kier molecular flexibility index (Phi) is 6.03. The number of para-hydroxylation sites is 2. The predicted molar refractivity (Wildman–Crippen MR) is 128 cm³/mol. The molecule has 1 atom stereocenters. The number of hydrogen-bond acceptors (Lipinski definition) is 3. The first-order valence-electron chi connectivity index (χ1n) is 10.1. The molecule has 1 aromatic heterocycles. The van der Waals surface area contributed by atoms with E-state index in [1.807, 2.05) is 56.3 Å². The standard InChI is InChI=1S/C25H23N3O3S/c1-25(2,19-12-4-3-5-13-19)27-24(29)20-14-6-7-15-21(20)28(32(30)31)22-16-8-10-18-11-9-17-26-23(18)22/h3-17H,1-2H3,(H,27,29)(H,30,31). The Bertz CT molecular complexity index is 1290. The van der Waals surface area contributed by atoms with Crippen LogP contribution in [0.25, 0.3) is 10.9 Å². The van der Waals surface area contributed by atoms with Gasteiger partial charge >= 0.3 is 0 Å². The maximum Gasteiger partial charge on any atom is 0.266 e. The maximum atomic E-state index is 13.3. The van der Waals surface area contributed by atoms with Gasteiger partial charge in [-0.25, -0.2) is 8.51 Å². The van der Waals surface area contributed by atoms with E-state index in [0.29, 0.717) is 16.9 Å². The molecule has 32 heavy (non-hydrogen) atoms. The van der Waals surface area contributed by atoms with Crippen molar-refractivity contribution >= 4 is 39.5 Å². The lowest BCUT2D eigenvalue weighted by Gasteiger charge is -2.29. The maximum absolute atomic E-state index is 13.3. The van der Waals surface area contributed by atoms with E-state index in [0.717, 1.165) is 10.9 Å². The van der Waals surface area contributed by atoms with Crippen LogP contribution in [-0.4, -0.2) is 19.7 Å². The molecule has 0 saturated heterocycles. The molecule has 7 heteroatoms. The van der Waals surface area contributed by atoms with Crippen molar-refractivity contribution in [2.45, 2.75) is 19.4 Å². The molecule has 0 fully saturated rings. The molecule has 6 nitrogen and oxygen atoms in total. The van der Waals surface area contributed by atoms with Crippen molar-refractivity contribution in [3.8, 4) is 0 Å². The van der Waals surface area contributed by atoms with E-state index < -0.39 is 16.8 Å². The van der Waals surface area contributed by atoms with Crippen molar-refractivity contribution in [1.29, 1.82) is 0 Å². The molecule has 0 aliphatic carbocycles. The lowest BCUT2D eigenvalue weighted by molar-refractivity contribution is 0.0913. The molecular formula is C25H23N3O3S. The van der Waals surface area contributed by atoms with Crippen LogP contribution < -0.4 is 9.62 Å². The van der Waals surface area contributed by atoms with Crippen LogP contribution in [0.1, 0.15) is 29.8 Å². The summed E-state index contributed by atoms with van der Waals surface area (Å²) in [5, 5.41) is 3.88. The molecule has 162 valence electrons. The zero-order valence-corrected chi connectivity index (χ0v) is 18.5. The first-order chi connectivity index (χ1) is 15.4. The Balaban J connectivity index is 1.78. The molecule has 3 aromatic carbocycles. The molecule has 2 N–H and O–H groups in total. The van der Waals surface area contributed by atoms with Crippen LogP contribution in [0.4, 0.5) is 11.4 Å². The largest absolute Gasteiger partial charge is 0.343 e. The Labute approximate surface area is 189 Å². The van der Waals surface area contributed by atoms with Crippen molar-refractivity contribution in [3.05, 3.63) is 102 Å². The van der Waals surface area contributed by atoms with Crippen molar-refractivity contribution in [3.63, 3.8) is 0 Å². The van der Waals surface area contributed by atoms with Gasteiger partial charge in [-0.15, -0.1) is 0 Å². The van der Waals surface area contributed by atoms with Crippen LogP contribution in [0.2, 0.25) is 0 Å². The highest BCUT2D eigenvalue weighted by molar-refractivity contribution is 7.81. The van der Waals surface area contributed by atoms with E-state index in [4.69, 9.17) is 0 Å². The summed E-state index contributed by atoms with van der Waals surface area (Å²) >= 11 is -2.43. The number of benzene rings is 3. The molecule has 0 radical (unpaired) electrons. The highest BCUT2D eigenvalue weighted by Gasteiger charge is 2.28. The van der Waals surface area contributed by atoms with E-state index in [9.17, 15) is 13.6 Å². The molecule has 4 rings (SSSR count). The van der Waals surface area contributed by atoms with Gasteiger partial charge in [0, 0.05) is 11.6 Å². The lowest BCUT2D eigenvalue weighted by Crippen LogP contribution is -2.41. The fourth-order valence-electron chi connectivity index (χ4n) is 3.67. The molecule has 0 bridgehead atoms. The number of hydrogen-bond donors (Lipinski definition) is 2. The molecule has 0 spiro atoms. The first kappa shape index (κ1) is 21.7. The van der Waals surface area contributed by atoms with E-state index in [1.165, 1.54) is 4.31 Å². The Hall–Kier alpha value is -3.55. The second kappa shape index (κ2) is 8.90. The Morgan fingerprint density at radius 3 is 2.31 bits per heavy atom. The van der Waals surface area contributed by atoms with Crippen LogP contribution in [0.3, 0.4) is 0 Å². The highest BCUT2D eigenvalue weighted by Crippen LogP contribution is 2.34. The van der Waals surface area contributed by atoms with E-state index in [1.54, 1.807) is 48.7 Å². The Morgan fingerprint density at radius 1 is 0.906 bits per heavy atom. The molecular weight excluding hydrogens is 422 g/mol. The van der Waals surface area contributed by atoms with Crippen LogP contribution in [0.15, 0.2) is 91.1 Å². The third-order valence-electron chi connectivity index (χ3n) is 5.28. The van der Waals surface area contributed by atoms with Crippen molar-refractivity contribution in [1.82, 2.24) is 10.3 Å². The average molecular weight is 446 g/mol. The lowest BCUT2D eigenvalue weighted by atomic mass is 9.94. The summed E-state index contributed by atoms with van der Waals surface area (Å²) in [6, 6.07) is 25.5. The van der Waals surface area contributed by atoms with Gasteiger partial charge in [-0.05, 0) is 43.7 Å². The third-order valence-corrected chi connectivity index (χ3v) is 5.98. The van der Waals surface area contributed by atoms with E-state index in [2.05, 4.69) is 10.3 Å². The predicted octanol–water partition coefficient (Wildman–Crippen LogP) is 5.17. The van der Waals surface area contributed by atoms with Crippen LogP contribution in [0.5, 0.6) is 0 Å². The number of pyridine rings is 1. The summed E-state index contributed by atoms with van der Waals surface area (Å²) in [7, 11) is 0. The average Bonchev–Trinajstić information content (AvgIpc) is 2.80. The molecule has 0 aliphatic rings. The Morgan fingerprint density at radius 2 is 1.56 bits per heavy atom. The van der Waals surface area contributed by atoms with Gasteiger partial charge in [0.05, 0.1) is 28.0 Å². The fraction of sp³-hybridized carbons (Fsp3) is 0.120. The monoisotopic (exact) mass is 445 g/mol. The molecule has 1 amide bonds. The zero-order valence-electron chi connectivity index (χ0n) is 17.7. The van der Waals surface area contributed by atoms with Gasteiger partial charge in [0.1, 0.15) is 0 Å². The number of rotatable bonds is 6. The third kappa shape index (κ3) is 4.26. The summed E-state index contributed by atoms with van der Waals surface area (Å²) in [5.41, 5.74) is 1.91. The van der Waals surface area contributed by atoms with Gasteiger partial charge in [0.15, 0.2) is 0 Å². The van der Waals surface area contributed by atoms with Crippen molar-refractivity contribution in [2.24, 2.45) is 0 Å². The normalized spacial score (nSPS) is 12.3. The van der Waals surface area contributed by atoms with Crippen molar-refractivity contribution < 1.29 is 13.6 Å². The molecule has 0 saturated carbocycles. The van der Waals surface area contributed by atoms with Crippen molar-refractivity contribution in [2.75, 3.05) is 4.31 Å². The second-order valence-electron chi connectivity index (χ2n) is 7.84. The minimum Gasteiger partial charge on any atom is -0.343 e. The number of nitrogens with zero attached hydrogens (tertiary/aromatic N) is 2. The summed E-state index contributed by atoms with van der Waals surface area (Å²) in [6.07, 6.45) is 1.63. The summed E-state index contributed by atoms with van der Waals surface area (Å²) in [6.45, 7) is 3.83. The molecule has 1 heterocycles. The second-order valence-corrected chi connectivity index (χ2v) is 8.67. The molecule has 4 aromatic rings. The van der Waals surface area contributed by atoms with Gasteiger partial charge in [-0.2, -0.15) is 0 Å². The van der Waals surface area contributed by atoms with Crippen LogP contribution in [-0.2, 0) is 16.8 Å². The highest BCUT2D eigenvalue weighted by atomic mass is 32.2. The minimum absolute atomic E-state index is 0.284. The van der Waals surface area contributed by atoms with E-state index >= 15 is 0 Å². The van der Waals surface area contributed by atoms with Crippen LogP contribution in [0, 0.1) is 0 Å². The number of anilines is 2. The summed E-state index contributed by atoms with van der Waals surface area (Å²) in [4.78, 5) is 17.7. The van der Waals surface area contributed by atoms with Gasteiger partial charge in [0.2, 0.25) is 0 Å². The number of fused-ring (bicyclic) bond motifs is 1. The van der Waals surface area contributed by atoms with Crippen LogP contribution >= 0.6 is 0 Å². The van der Waals surface area contributed by atoms with Gasteiger partial charge in [0.25, 0.3) is 17.2 Å². The fourth-order valence-corrected chi connectivity index (χ4v) is 4.31. The molecule has 0 aliphatic heterocycles. The smallest absolute Gasteiger partial charge is 0.266 e. The number of carbonyl (C=O) groups excluding carboxylic acids is 1. The number of nitrogens with one attached hydrogen (secondary N) is 1. The first-order valence-corrected chi connectivity index (χ1v) is 11.2. The topological polar surface area (TPSA) is 82.5 Å². The van der Waals surface area contributed by atoms with E-state index in [-0.39, 0.29) is 11.5 Å². The SMILES string of the molecule is CC(C)(NC(=O)c1ccccc1N(c1cccc2cccnc12)S(=O)O)c1ccccc1. The number of amides is 1. The minimum atomic E-state index is -2.43. The quantitative estimate of drug-likeness (QED) is 0.401. The van der Waals surface area contributed by atoms with Gasteiger partial charge in [-0.1, -0.05) is 60.7 Å². The molecule has 1 unspecified atom stereocenters. The van der Waals surface area contributed by atoms with Gasteiger partial charge < -0.3 is 5.32 Å².